The van der Waals surface area contributed by atoms with E-state index in [1.165, 1.54) is 4.88 Å². The van der Waals surface area contributed by atoms with E-state index in [0.29, 0.717) is 5.92 Å². The number of hydrogen-bond donors (Lipinski definition) is 1. The Balaban J connectivity index is 2.11. The summed E-state index contributed by atoms with van der Waals surface area (Å²) in [4.78, 5) is 1.26. The second-order valence-electron chi connectivity index (χ2n) is 3.92. The van der Waals surface area contributed by atoms with Crippen molar-refractivity contribution in [3.63, 3.8) is 0 Å². The predicted molar refractivity (Wildman–Crippen MR) is 60.5 cm³/mol. The van der Waals surface area contributed by atoms with Gasteiger partial charge in [0, 0.05) is 4.88 Å². The molecule has 0 spiro atoms. The van der Waals surface area contributed by atoms with E-state index in [-0.39, 0.29) is 6.10 Å². The van der Waals surface area contributed by atoms with E-state index in [1.807, 2.05) is 0 Å². The van der Waals surface area contributed by atoms with Crippen LogP contribution in [0.5, 0.6) is 0 Å². The van der Waals surface area contributed by atoms with E-state index in [1.54, 1.807) is 11.3 Å². The Labute approximate surface area is 89.1 Å². The summed E-state index contributed by atoms with van der Waals surface area (Å²) in [5.74, 6) is 0.424. The molecule has 2 unspecified atom stereocenters. The molecule has 0 bridgehead atoms. The van der Waals surface area contributed by atoms with Gasteiger partial charge in [0.25, 0.3) is 0 Å². The molecule has 2 atom stereocenters. The van der Waals surface area contributed by atoms with Gasteiger partial charge in [-0.1, -0.05) is 12.2 Å². The minimum absolute atomic E-state index is 0.258. The minimum Gasteiger partial charge on any atom is -0.388 e. The van der Waals surface area contributed by atoms with Gasteiger partial charge < -0.3 is 5.11 Å². The second kappa shape index (κ2) is 4.28. The zero-order valence-electron chi connectivity index (χ0n) is 8.44. The van der Waals surface area contributed by atoms with Crippen LogP contribution >= 0.6 is 11.3 Å². The van der Waals surface area contributed by atoms with Crippen molar-refractivity contribution in [2.75, 3.05) is 0 Å². The number of aryl methyl sites for hydroxylation is 1. The first-order valence-electron chi connectivity index (χ1n) is 5.16. The lowest BCUT2D eigenvalue weighted by atomic mass is 9.86. The Bertz CT molecular complexity index is 327. The molecule has 0 aliphatic heterocycles. The monoisotopic (exact) mass is 208 g/mol. The molecule has 1 nitrogen and oxygen atoms in total. The molecule has 0 radical (unpaired) electrons. The van der Waals surface area contributed by atoms with Crippen LogP contribution in [0, 0.1) is 12.8 Å². The average Bonchev–Trinajstić information content (AvgIpc) is 2.65. The highest BCUT2D eigenvalue weighted by molar-refractivity contribution is 7.10. The summed E-state index contributed by atoms with van der Waals surface area (Å²) < 4.78 is 0. The largest absolute Gasteiger partial charge is 0.388 e. The van der Waals surface area contributed by atoms with Gasteiger partial charge in [-0.3, -0.25) is 0 Å². The molecule has 0 saturated carbocycles. The first-order chi connectivity index (χ1) is 6.79. The summed E-state index contributed by atoms with van der Waals surface area (Å²) in [5.41, 5.74) is 1.13. The number of aliphatic hydroxyl groups is 1. The third-order valence-electron chi connectivity index (χ3n) is 2.97. The fourth-order valence-corrected chi connectivity index (χ4v) is 2.80. The van der Waals surface area contributed by atoms with Crippen LogP contribution in [-0.4, -0.2) is 5.11 Å². The first kappa shape index (κ1) is 9.94. The van der Waals surface area contributed by atoms with Crippen LogP contribution in [0.15, 0.2) is 23.6 Å². The topological polar surface area (TPSA) is 20.2 Å². The lowest BCUT2D eigenvalue weighted by Crippen LogP contribution is -2.13. The molecule has 0 fully saturated rings. The van der Waals surface area contributed by atoms with Gasteiger partial charge in [0.1, 0.15) is 0 Å². The first-order valence-corrected chi connectivity index (χ1v) is 6.04. The van der Waals surface area contributed by atoms with Crippen LogP contribution in [0.3, 0.4) is 0 Å². The molecule has 0 saturated heterocycles. The molecular formula is C12H16OS. The van der Waals surface area contributed by atoms with Gasteiger partial charge in [0.15, 0.2) is 0 Å². The summed E-state index contributed by atoms with van der Waals surface area (Å²) in [7, 11) is 0. The van der Waals surface area contributed by atoms with Crippen molar-refractivity contribution in [2.24, 2.45) is 5.92 Å². The molecule has 1 aromatic rings. The Morgan fingerprint density at radius 2 is 2.36 bits per heavy atom. The molecule has 1 aromatic heterocycles. The Hall–Kier alpha value is -0.600. The maximum Gasteiger partial charge on any atom is 0.0831 e. The zero-order chi connectivity index (χ0) is 9.97. The molecule has 0 aromatic carbocycles. The van der Waals surface area contributed by atoms with Crippen LogP contribution in [0.2, 0.25) is 0 Å². The number of hydrogen-bond acceptors (Lipinski definition) is 2. The van der Waals surface area contributed by atoms with Gasteiger partial charge in [0.2, 0.25) is 0 Å². The summed E-state index contributed by atoms with van der Waals surface area (Å²) in [6, 6.07) is 2.06. The molecule has 2 heteroatoms. The number of allylic oxidation sites excluding steroid dienone is 2. The highest BCUT2D eigenvalue weighted by Gasteiger charge is 2.22. The van der Waals surface area contributed by atoms with Crippen LogP contribution in [0.4, 0.5) is 0 Å². The number of aliphatic hydroxyl groups excluding tert-OH is 1. The highest BCUT2D eigenvalue weighted by Crippen LogP contribution is 2.34. The van der Waals surface area contributed by atoms with Gasteiger partial charge in [-0.15, -0.1) is 11.3 Å². The van der Waals surface area contributed by atoms with Crippen LogP contribution in [0.1, 0.15) is 35.8 Å². The van der Waals surface area contributed by atoms with Crippen LogP contribution in [-0.2, 0) is 0 Å². The molecule has 1 heterocycles. The Morgan fingerprint density at radius 1 is 1.50 bits per heavy atom. The number of rotatable bonds is 2. The molecular weight excluding hydrogens is 192 g/mol. The summed E-state index contributed by atoms with van der Waals surface area (Å²) >= 11 is 1.72. The summed E-state index contributed by atoms with van der Waals surface area (Å²) in [6.07, 6.45) is 7.41. The third-order valence-corrected chi connectivity index (χ3v) is 3.84. The zero-order valence-corrected chi connectivity index (χ0v) is 9.26. The smallest absolute Gasteiger partial charge is 0.0831 e. The van der Waals surface area contributed by atoms with E-state index >= 15 is 0 Å². The molecule has 1 aliphatic carbocycles. The fourth-order valence-electron chi connectivity index (χ4n) is 2.06. The second-order valence-corrected chi connectivity index (χ2v) is 5.04. The van der Waals surface area contributed by atoms with Crippen molar-refractivity contribution in [3.05, 3.63) is 34.0 Å². The van der Waals surface area contributed by atoms with E-state index in [4.69, 9.17) is 0 Å². The van der Waals surface area contributed by atoms with Crippen molar-refractivity contribution < 1.29 is 5.11 Å². The number of thiophene rings is 1. The molecule has 1 aliphatic rings. The van der Waals surface area contributed by atoms with Gasteiger partial charge in [0.05, 0.1) is 6.10 Å². The predicted octanol–water partition coefficient (Wildman–Crippen LogP) is 3.45. The molecule has 1 N–H and O–H groups in total. The van der Waals surface area contributed by atoms with Gasteiger partial charge >= 0.3 is 0 Å². The van der Waals surface area contributed by atoms with Crippen molar-refractivity contribution in [2.45, 2.75) is 32.3 Å². The SMILES string of the molecule is Cc1sccc1C(O)C1CC=CCC1. The Kier molecular flexibility index (Phi) is 3.04. The average molecular weight is 208 g/mol. The highest BCUT2D eigenvalue weighted by atomic mass is 32.1. The molecule has 14 heavy (non-hydrogen) atoms. The standard InChI is InChI=1S/C12H16OS/c1-9-11(7-8-14-9)12(13)10-5-3-2-4-6-10/h2-3,7-8,10,12-13H,4-6H2,1H3. The molecule has 76 valence electrons. The minimum atomic E-state index is -0.258. The van der Waals surface area contributed by atoms with Crippen molar-refractivity contribution in [1.29, 1.82) is 0 Å². The van der Waals surface area contributed by atoms with E-state index < -0.39 is 0 Å². The Morgan fingerprint density at radius 3 is 2.93 bits per heavy atom. The van der Waals surface area contributed by atoms with Crippen molar-refractivity contribution in [3.8, 4) is 0 Å². The lowest BCUT2D eigenvalue weighted by molar-refractivity contribution is 0.102. The summed E-state index contributed by atoms with van der Waals surface area (Å²) in [5, 5.41) is 12.2. The van der Waals surface area contributed by atoms with Gasteiger partial charge in [-0.2, -0.15) is 0 Å². The third kappa shape index (κ3) is 1.91. The molecule has 2 rings (SSSR count). The van der Waals surface area contributed by atoms with E-state index in [0.717, 1.165) is 24.8 Å². The van der Waals surface area contributed by atoms with Crippen LogP contribution in [0.25, 0.3) is 0 Å². The maximum absolute atomic E-state index is 10.2. The quantitative estimate of drug-likeness (QED) is 0.738. The summed E-state index contributed by atoms with van der Waals surface area (Å²) in [6.45, 7) is 2.09. The van der Waals surface area contributed by atoms with Crippen molar-refractivity contribution >= 4 is 11.3 Å². The fraction of sp³-hybridized carbons (Fsp3) is 0.500. The normalized spacial score (nSPS) is 23.7. The lowest BCUT2D eigenvalue weighted by Gasteiger charge is -2.23. The molecule has 0 amide bonds. The van der Waals surface area contributed by atoms with Gasteiger partial charge in [-0.25, -0.2) is 0 Å². The van der Waals surface area contributed by atoms with E-state index in [9.17, 15) is 5.11 Å². The van der Waals surface area contributed by atoms with Crippen LogP contribution < -0.4 is 0 Å². The van der Waals surface area contributed by atoms with E-state index in [2.05, 4.69) is 30.5 Å². The van der Waals surface area contributed by atoms with Gasteiger partial charge in [-0.05, 0) is 49.1 Å². The van der Waals surface area contributed by atoms with Crippen molar-refractivity contribution in [1.82, 2.24) is 0 Å². The maximum atomic E-state index is 10.2.